The number of likely N-dealkylation sites (N-methyl/N-ethyl adjacent to an activating group) is 1. The molecule has 20 heavy (non-hydrogen) atoms. The van der Waals surface area contributed by atoms with Crippen molar-refractivity contribution in [3.8, 4) is 0 Å². The van der Waals surface area contributed by atoms with Crippen molar-refractivity contribution in [3.05, 3.63) is 59.4 Å². The van der Waals surface area contributed by atoms with Crippen molar-refractivity contribution in [1.82, 2.24) is 4.98 Å². The molecule has 1 atom stereocenters. The third-order valence-electron chi connectivity index (χ3n) is 3.62. The summed E-state index contributed by atoms with van der Waals surface area (Å²) >= 11 is 0. The Hall–Kier alpha value is -1.87. The molecule has 0 bridgehead atoms. The molecule has 2 aromatic rings. The number of rotatable bonds is 5. The van der Waals surface area contributed by atoms with Crippen LogP contribution < -0.4 is 10.6 Å². The summed E-state index contributed by atoms with van der Waals surface area (Å²) in [5.74, 6) is 0. The minimum absolute atomic E-state index is 0.163. The molecule has 0 radical (unpaired) electrons. The fourth-order valence-electron chi connectivity index (χ4n) is 2.44. The minimum atomic E-state index is 0.163. The van der Waals surface area contributed by atoms with Gasteiger partial charge < -0.3 is 10.6 Å². The van der Waals surface area contributed by atoms with E-state index >= 15 is 0 Å². The number of aryl methyl sites for hydroxylation is 2. The first-order valence-corrected chi connectivity index (χ1v) is 7.11. The van der Waals surface area contributed by atoms with Gasteiger partial charge in [0.25, 0.3) is 0 Å². The Balaban J connectivity index is 2.32. The largest absolute Gasteiger partial charge is 0.363 e. The second-order valence-electron chi connectivity index (χ2n) is 5.11. The Labute approximate surface area is 121 Å². The molecule has 2 rings (SSSR count). The van der Waals surface area contributed by atoms with Crippen molar-refractivity contribution < 1.29 is 0 Å². The van der Waals surface area contributed by atoms with E-state index in [1.807, 2.05) is 19.2 Å². The quantitative estimate of drug-likeness (QED) is 0.906. The van der Waals surface area contributed by atoms with Gasteiger partial charge >= 0.3 is 0 Å². The number of hydrogen-bond acceptors (Lipinski definition) is 3. The lowest BCUT2D eigenvalue weighted by Crippen LogP contribution is -2.33. The van der Waals surface area contributed by atoms with Crippen LogP contribution in [0.1, 0.15) is 29.8 Å². The summed E-state index contributed by atoms with van der Waals surface area (Å²) < 4.78 is 0. The molecular formula is C17H23N3. The maximum Gasteiger partial charge on any atom is 0.0679 e. The van der Waals surface area contributed by atoms with Crippen LogP contribution >= 0.6 is 0 Å². The highest BCUT2D eigenvalue weighted by Crippen LogP contribution is 2.26. The summed E-state index contributed by atoms with van der Waals surface area (Å²) in [6.45, 7) is 7.75. The Morgan fingerprint density at radius 1 is 1.10 bits per heavy atom. The monoisotopic (exact) mass is 269 g/mol. The van der Waals surface area contributed by atoms with Gasteiger partial charge in [-0.15, -0.1) is 0 Å². The van der Waals surface area contributed by atoms with Gasteiger partial charge in [-0.25, -0.2) is 0 Å². The molecule has 3 heteroatoms. The van der Waals surface area contributed by atoms with Gasteiger partial charge in [0.15, 0.2) is 0 Å². The van der Waals surface area contributed by atoms with E-state index in [9.17, 15) is 0 Å². The number of anilines is 1. The maximum absolute atomic E-state index is 6.02. The van der Waals surface area contributed by atoms with E-state index in [1.54, 1.807) is 0 Å². The van der Waals surface area contributed by atoms with Crippen LogP contribution in [0.25, 0.3) is 0 Å². The number of aromatic nitrogens is 1. The second-order valence-corrected chi connectivity index (χ2v) is 5.11. The van der Waals surface area contributed by atoms with Gasteiger partial charge in [0.1, 0.15) is 0 Å². The van der Waals surface area contributed by atoms with Gasteiger partial charge in [-0.2, -0.15) is 0 Å². The zero-order valence-electron chi connectivity index (χ0n) is 12.5. The van der Waals surface area contributed by atoms with Crippen LogP contribution in [0.2, 0.25) is 0 Å². The SMILES string of the molecule is CCN(c1ccc(C)cc1)C(CN)c1ccc(C)nc1. The highest BCUT2D eigenvalue weighted by molar-refractivity contribution is 5.50. The van der Waals surface area contributed by atoms with Crippen LogP contribution in [0.5, 0.6) is 0 Å². The highest BCUT2D eigenvalue weighted by Gasteiger charge is 2.18. The average molecular weight is 269 g/mol. The molecule has 0 amide bonds. The fraction of sp³-hybridized carbons (Fsp3) is 0.353. The molecule has 3 nitrogen and oxygen atoms in total. The summed E-state index contributed by atoms with van der Waals surface area (Å²) in [7, 11) is 0. The van der Waals surface area contributed by atoms with Crippen LogP contribution in [0.4, 0.5) is 5.69 Å². The zero-order chi connectivity index (χ0) is 14.5. The standard InChI is InChI=1S/C17H23N3/c1-4-20(16-9-5-13(2)6-10-16)17(11-18)15-8-7-14(3)19-12-15/h5-10,12,17H,4,11,18H2,1-3H3. The number of benzene rings is 1. The van der Waals surface area contributed by atoms with Crippen molar-refractivity contribution >= 4 is 5.69 Å². The second kappa shape index (κ2) is 6.53. The minimum Gasteiger partial charge on any atom is -0.363 e. The molecule has 1 unspecified atom stereocenters. The van der Waals surface area contributed by atoms with E-state index in [-0.39, 0.29) is 6.04 Å². The van der Waals surface area contributed by atoms with Gasteiger partial charge in [0, 0.05) is 30.7 Å². The van der Waals surface area contributed by atoms with Crippen LogP contribution in [0.15, 0.2) is 42.6 Å². The third kappa shape index (κ3) is 3.17. The summed E-state index contributed by atoms with van der Waals surface area (Å²) in [6.07, 6.45) is 1.93. The lowest BCUT2D eigenvalue weighted by atomic mass is 10.1. The average Bonchev–Trinajstić information content (AvgIpc) is 2.47. The van der Waals surface area contributed by atoms with Gasteiger partial charge in [0.2, 0.25) is 0 Å². The molecule has 1 aromatic carbocycles. The molecule has 0 aliphatic rings. The molecule has 0 spiro atoms. The first-order chi connectivity index (χ1) is 9.65. The number of hydrogen-bond donors (Lipinski definition) is 1. The van der Waals surface area contributed by atoms with E-state index in [2.05, 4.69) is 54.1 Å². The summed E-state index contributed by atoms with van der Waals surface area (Å²) in [4.78, 5) is 6.72. The van der Waals surface area contributed by atoms with Crippen LogP contribution in [-0.2, 0) is 0 Å². The predicted octanol–water partition coefficient (Wildman–Crippen LogP) is 3.22. The molecule has 0 aliphatic carbocycles. The van der Waals surface area contributed by atoms with E-state index in [0.717, 1.165) is 12.2 Å². The molecule has 0 fully saturated rings. The number of nitrogens with two attached hydrogens (primary N) is 1. The Kier molecular flexibility index (Phi) is 4.74. The Morgan fingerprint density at radius 2 is 1.80 bits per heavy atom. The Morgan fingerprint density at radius 3 is 2.30 bits per heavy atom. The lowest BCUT2D eigenvalue weighted by Gasteiger charge is -2.32. The smallest absolute Gasteiger partial charge is 0.0679 e. The molecule has 1 aromatic heterocycles. The van der Waals surface area contributed by atoms with Crippen molar-refractivity contribution in [1.29, 1.82) is 0 Å². The van der Waals surface area contributed by atoms with E-state index in [4.69, 9.17) is 5.73 Å². The van der Waals surface area contributed by atoms with Crippen molar-refractivity contribution in [2.75, 3.05) is 18.0 Å². The lowest BCUT2D eigenvalue weighted by molar-refractivity contribution is 0.640. The van der Waals surface area contributed by atoms with Gasteiger partial charge in [-0.05, 0) is 44.5 Å². The van der Waals surface area contributed by atoms with E-state index in [0.29, 0.717) is 6.54 Å². The van der Waals surface area contributed by atoms with Gasteiger partial charge in [-0.1, -0.05) is 23.8 Å². The summed E-state index contributed by atoms with van der Waals surface area (Å²) in [5.41, 5.74) is 10.7. The molecule has 0 aliphatic heterocycles. The van der Waals surface area contributed by atoms with E-state index < -0.39 is 0 Å². The molecule has 2 N–H and O–H groups in total. The van der Waals surface area contributed by atoms with E-state index in [1.165, 1.54) is 16.8 Å². The van der Waals surface area contributed by atoms with Crippen molar-refractivity contribution in [2.24, 2.45) is 5.73 Å². The normalized spacial score (nSPS) is 12.2. The Bertz CT molecular complexity index is 480. The van der Waals surface area contributed by atoms with Crippen LogP contribution in [0.3, 0.4) is 0 Å². The molecule has 106 valence electrons. The van der Waals surface area contributed by atoms with Crippen LogP contribution in [-0.4, -0.2) is 18.1 Å². The highest BCUT2D eigenvalue weighted by atomic mass is 15.2. The van der Waals surface area contributed by atoms with Crippen molar-refractivity contribution in [2.45, 2.75) is 26.8 Å². The molecule has 1 heterocycles. The number of pyridine rings is 1. The van der Waals surface area contributed by atoms with Crippen LogP contribution in [0, 0.1) is 13.8 Å². The topological polar surface area (TPSA) is 42.1 Å². The van der Waals surface area contributed by atoms with Gasteiger partial charge in [0.05, 0.1) is 6.04 Å². The first kappa shape index (κ1) is 14.5. The molecule has 0 saturated heterocycles. The first-order valence-electron chi connectivity index (χ1n) is 7.11. The van der Waals surface area contributed by atoms with Gasteiger partial charge in [-0.3, -0.25) is 4.98 Å². The number of nitrogens with zero attached hydrogens (tertiary/aromatic N) is 2. The maximum atomic E-state index is 6.02. The molecule has 0 saturated carbocycles. The fourth-order valence-corrected chi connectivity index (χ4v) is 2.44. The molecular weight excluding hydrogens is 246 g/mol. The predicted molar refractivity (Wildman–Crippen MR) is 85.0 cm³/mol. The third-order valence-corrected chi connectivity index (χ3v) is 3.62. The summed E-state index contributed by atoms with van der Waals surface area (Å²) in [5, 5.41) is 0. The van der Waals surface area contributed by atoms with Crippen molar-refractivity contribution in [3.63, 3.8) is 0 Å². The zero-order valence-corrected chi connectivity index (χ0v) is 12.5. The summed E-state index contributed by atoms with van der Waals surface area (Å²) in [6, 6.07) is 12.9.